The molecule has 0 radical (unpaired) electrons. The molecule has 0 bridgehead atoms. The molecule has 0 amide bonds. The van der Waals surface area contributed by atoms with Gasteiger partial charge in [0.15, 0.2) is 6.10 Å². The predicted molar refractivity (Wildman–Crippen MR) is 95.0 cm³/mol. The number of aromatic amines is 1. The molecule has 0 saturated carbocycles. The third kappa shape index (κ3) is 3.14. The van der Waals surface area contributed by atoms with Crippen LogP contribution in [0.15, 0.2) is 49.1 Å². The lowest BCUT2D eigenvalue weighted by Crippen LogP contribution is -2.06. The van der Waals surface area contributed by atoms with Crippen LogP contribution < -0.4 is 4.74 Å². The minimum atomic E-state index is -0.144. The van der Waals surface area contributed by atoms with E-state index in [2.05, 4.69) is 48.6 Å². The highest BCUT2D eigenvalue weighted by Crippen LogP contribution is 2.26. The number of nitrogens with one attached hydrogen (secondary N) is 1. The topological polar surface area (TPSA) is 37.9 Å². The molecule has 0 aliphatic heterocycles. The number of allylic oxidation sites excluding steroid dienone is 1. The van der Waals surface area contributed by atoms with E-state index in [1.165, 1.54) is 11.1 Å². The molecule has 3 rings (SSSR count). The molecule has 3 aromatic rings. The Labute approximate surface area is 137 Å². The van der Waals surface area contributed by atoms with E-state index in [4.69, 9.17) is 4.74 Å². The second-order valence-electron chi connectivity index (χ2n) is 5.94. The van der Waals surface area contributed by atoms with Crippen molar-refractivity contribution < 1.29 is 4.74 Å². The van der Waals surface area contributed by atoms with Crippen LogP contribution in [0.3, 0.4) is 0 Å². The largest absolute Gasteiger partial charge is 0.483 e. The van der Waals surface area contributed by atoms with Gasteiger partial charge in [0.05, 0.1) is 11.0 Å². The minimum absolute atomic E-state index is 0.144. The van der Waals surface area contributed by atoms with Crippen LogP contribution in [-0.4, -0.2) is 9.97 Å². The Morgan fingerprint density at radius 2 is 1.96 bits per heavy atom. The van der Waals surface area contributed by atoms with Crippen LogP contribution in [-0.2, 0) is 6.42 Å². The third-order valence-corrected chi connectivity index (χ3v) is 4.14. The van der Waals surface area contributed by atoms with E-state index < -0.39 is 0 Å². The summed E-state index contributed by atoms with van der Waals surface area (Å²) >= 11 is 0. The van der Waals surface area contributed by atoms with E-state index in [1.54, 1.807) is 0 Å². The number of aromatic nitrogens is 2. The summed E-state index contributed by atoms with van der Waals surface area (Å²) in [6.07, 6.45) is 2.54. The molecule has 0 spiro atoms. The normalized spacial score (nSPS) is 12.3. The lowest BCUT2D eigenvalue weighted by Gasteiger charge is -2.15. The van der Waals surface area contributed by atoms with E-state index in [1.807, 2.05) is 31.2 Å². The summed E-state index contributed by atoms with van der Waals surface area (Å²) in [4.78, 5) is 8.06. The quantitative estimate of drug-likeness (QED) is 0.670. The van der Waals surface area contributed by atoms with E-state index in [0.29, 0.717) is 0 Å². The van der Waals surface area contributed by atoms with Gasteiger partial charge < -0.3 is 9.72 Å². The first kappa shape index (κ1) is 15.3. The van der Waals surface area contributed by atoms with E-state index >= 15 is 0 Å². The van der Waals surface area contributed by atoms with Crippen molar-refractivity contribution in [3.05, 3.63) is 71.6 Å². The number of rotatable bonds is 5. The first-order valence-electron chi connectivity index (χ1n) is 7.91. The molecule has 0 saturated heterocycles. The maximum atomic E-state index is 6.13. The van der Waals surface area contributed by atoms with Gasteiger partial charge in [-0.05, 0) is 62.1 Å². The van der Waals surface area contributed by atoms with Crippen molar-refractivity contribution in [2.24, 2.45) is 0 Å². The molecule has 1 heterocycles. The Hall–Kier alpha value is -2.55. The van der Waals surface area contributed by atoms with Gasteiger partial charge in [-0.1, -0.05) is 24.3 Å². The highest BCUT2D eigenvalue weighted by atomic mass is 16.5. The number of aryl methyl sites for hydroxylation is 2. The fraction of sp³-hybridized carbons (Fsp3) is 0.250. The van der Waals surface area contributed by atoms with Crippen LogP contribution in [0.1, 0.15) is 35.5 Å². The molecule has 0 fully saturated rings. The number of ether oxygens (including phenoxy) is 1. The summed E-state index contributed by atoms with van der Waals surface area (Å²) in [6.45, 7) is 10.0. The Morgan fingerprint density at radius 3 is 2.74 bits per heavy atom. The van der Waals surface area contributed by atoms with Crippen LogP contribution in [0.4, 0.5) is 0 Å². The van der Waals surface area contributed by atoms with Crippen molar-refractivity contribution in [3.8, 4) is 5.75 Å². The van der Waals surface area contributed by atoms with Crippen molar-refractivity contribution in [2.75, 3.05) is 0 Å². The fourth-order valence-electron chi connectivity index (χ4n) is 2.67. The second kappa shape index (κ2) is 6.29. The molecular formula is C20H22N2O. The number of benzene rings is 2. The Morgan fingerprint density at radius 1 is 1.22 bits per heavy atom. The molecule has 0 aliphatic carbocycles. The zero-order valence-corrected chi connectivity index (χ0v) is 13.9. The highest BCUT2D eigenvalue weighted by molar-refractivity contribution is 5.77. The van der Waals surface area contributed by atoms with Gasteiger partial charge >= 0.3 is 0 Å². The maximum Gasteiger partial charge on any atom is 0.153 e. The fourth-order valence-corrected chi connectivity index (χ4v) is 2.67. The van der Waals surface area contributed by atoms with Gasteiger partial charge in [0.25, 0.3) is 0 Å². The smallest absolute Gasteiger partial charge is 0.153 e. The molecule has 1 aromatic heterocycles. The average molecular weight is 306 g/mol. The summed E-state index contributed by atoms with van der Waals surface area (Å²) < 4.78 is 6.13. The molecule has 2 aromatic carbocycles. The zero-order valence-electron chi connectivity index (χ0n) is 13.9. The summed E-state index contributed by atoms with van der Waals surface area (Å²) in [6, 6.07) is 12.3. The highest BCUT2D eigenvalue weighted by Gasteiger charge is 2.14. The first-order chi connectivity index (χ1) is 11.1. The molecule has 3 heteroatoms. The Balaban J connectivity index is 1.89. The van der Waals surface area contributed by atoms with Gasteiger partial charge in [-0.25, -0.2) is 4.98 Å². The molecule has 0 unspecified atom stereocenters. The SMILES string of the molecule is C=CCc1ccccc1O[C@H](C)c1nc2cc(C)c(C)cc2[nH]1. The number of H-pyrrole nitrogens is 1. The van der Waals surface area contributed by atoms with Crippen molar-refractivity contribution >= 4 is 11.0 Å². The number of hydrogen-bond acceptors (Lipinski definition) is 2. The second-order valence-corrected chi connectivity index (χ2v) is 5.94. The molecule has 1 N–H and O–H groups in total. The Bertz CT molecular complexity index is 809. The van der Waals surface area contributed by atoms with E-state index in [0.717, 1.165) is 34.6 Å². The van der Waals surface area contributed by atoms with Gasteiger partial charge in [0.1, 0.15) is 11.6 Å². The van der Waals surface area contributed by atoms with Crippen LogP contribution in [0, 0.1) is 13.8 Å². The summed E-state index contributed by atoms with van der Waals surface area (Å²) in [5, 5.41) is 0. The zero-order chi connectivity index (χ0) is 16.4. The van der Waals surface area contributed by atoms with Crippen LogP contribution in [0.2, 0.25) is 0 Å². The monoisotopic (exact) mass is 306 g/mol. The van der Waals surface area contributed by atoms with Gasteiger partial charge in [-0.2, -0.15) is 0 Å². The van der Waals surface area contributed by atoms with Gasteiger partial charge in [-0.15, -0.1) is 6.58 Å². The molecule has 0 aliphatic rings. The van der Waals surface area contributed by atoms with Crippen molar-refractivity contribution in [3.63, 3.8) is 0 Å². The molecular weight excluding hydrogens is 284 g/mol. The maximum absolute atomic E-state index is 6.13. The first-order valence-corrected chi connectivity index (χ1v) is 7.91. The predicted octanol–water partition coefficient (Wildman–Crippen LogP) is 5.05. The number of para-hydroxylation sites is 1. The van der Waals surface area contributed by atoms with Gasteiger partial charge in [0, 0.05) is 0 Å². The minimum Gasteiger partial charge on any atom is -0.483 e. The molecule has 23 heavy (non-hydrogen) atoms. The summed E-state index contributed by atoms with van der Waals surface area (Å²) in [5.41, 5.74) is 5.69. The standard InChI is InChI=1S/C20H22N2O/c1-5-8-16-9-6-7-10-19(16)23-15(4)20-21-17-11-13(2)14(3)12-18(17)22-20/h5-7,9-12,15H,1,8H2,2-4H3,(H,21,22)/t15-/m1/s1. The van der Waals surface area contributed by atoms with E-state index in [-0.39, 0.29) is 6.10 Å². The Kier molecular flexibility index (Phi) is 4.20. The molecule has 1 atom stereocenters. The van der Waals surface area contributed by atoms with Gasteiger partial charge in [0.2, 0.25) is 0 Å². The van der Waals surface area contributed by atoms with Gasteiger partial charge in [-0.3, -0.25) is 0 Å². The number of hydrogen-bond donors (Lipinski definition) is 1. The molecule has 118 valence electrons. The van der Waals surface area contributed by atoms with Crippen molar-refractivity contribution in [1.82, 2.24) is 9.97 Å². The van der Waals surface area contributed by atoms with Crippen LogP contribution in [0.25, 0.3) is 11.0 Å². The molecule has 3 nitrogen and oxygen atoms in total. The van der Waals surface area contributed by atoms with Crippen molar-refractivity contribution in [2.45, 2.75) is 33.3 Å². The van der Waals surface area contributed by atoms with E-state index in [9.17, 15) is 0 Å². The van der Waals surface area contributed by atoms with Crippen LogP contribution in [0.5, 0.6) is 5.75 Å². The number of nitrogens with zero attached hydrogens (tertiary/aromatic N) is 1. The number of fused-ring (bicyclic) bond motifs is 1. The number of imidazole rings is 1. The summed E-state index contributed by atoms with van der Waals surface area (Å²) in [7, 11) is 0. The lowest BCUT2D eigenvalue weighted by molar-refractivity contribution is 0.216. The lowest BCUT2D eigenvalue weighted by atomic mass is 10.1. The average Bonchev–Trinajstić information content (AvgIpc) is 2.93. The summed E-state index contributed by atoms with van der Waals surface area (Å²) in [5.74, 6) is 1.73. The van der Waals surface area contributed by atoms with Crippen molar-refractivity contribution in [1.29, 1.82) is 0 Å². The third-order valence-electron chi connectivity index (χ3n) is 4.14. The van der Waals surface area contributed by atoms with Crippen LogP contribution >= 0.6 is 0 Å².